The minimum Gasteiger partial charge on any atom is -0.501 e. The van der Waals surface area contributed by atoms with Gasteiger partial charge in [-0.05, 0) is 35.2 Å². The third-order valence-electron chi connectivity index (χ3n) is 3.92. The first-order valence-corrected chi connectivity index (χ1v) is 9.14. The molecule has 0 saturated heterocycles. The number of amides is 1. The highest BCUT2D eigenvalue weighted by Crippen LogP contribution is 2.36. The van der Waals surface area contributed by atoms with Crippen molar-refractivity contribution in [2.24, 2.45) is 0 Å². The van der Waals surface area contributed by atoms with Gasteiger partial charge < -0.3 is 15.5 Å². The van der Waals surface area contributed by atoms with Gasteiger partial charge in [-0.15, -0.1) is 11.3 Å². The molecule has 0 spiro atoms. The van der Waals surface area contributed by atoms with Crippen LogP contribution in [0.2, 0.25) is 0 Å². The third-order valence-corrected chi connectivity index (χ3v) is 4.79. The van der Waals surface area contributed by atoms with Crippen molar-refractivity contribution in [2.45, 2.75) is 18.9 Å². The second kappa shape index (κ2) is 8.06. The minimum absolute atomic E-state index is 0.0348. The summed E-state index contributed by atoms with van der Waals surface area (Å²) in [5.74, 6) is -3.15. The van der Waals surface area contributed by atoms with Gasteiger partial charge in [0.25, 0.3) is 11.8 Å². The van der Waals surface area contributed by atoms with E-state index >= 15 is 0 Å². The maximum Gasteiger partial charge on any atom is 0.416 e. The summed E-state index contributed by atoms with van der Waals surface area (Å²) in [6, 6.07) is 4.10. The van der Waals surface area contributed by atoms with Crippen molar-refractivity contribution < 1.29 is 41.4 Å². The molecule has 6 nitrogen and oxygen atoms in total. The van der Waals surface area contributed by atoms with Gasteiger partial charge in [-0.2, -0.15) is 31.3 Å². The smallest absolute Gasteiger partial charge is 0.416 e. The lowest BCUT2D eigenvalue weighted by atomic mass is 10.0. The Bertz CT molecular complexity index is 1080. The number of nitrogens with zero attached hydrogens (tertiary/aromatic N) is 2. The standard InChI is InChI=1S/C18H11F6N3O3S/c19-17(20,21)9-4-8(5-10(6-9)18(22,23)24)7-25-15(29)12-13(28)16(30)27-14(26-12)11-2-1-3-31-11/h1-6,28H,7H2,(H,25,29)(H,26,27,30). The molecule has 0 bridgehead atoms. The second-order valence-electron chi connectivity index (χ2n) is 6.14. The predicted molar refractivity (Wildman–Crippen MR) is 96.3 cm³/mol. The van der Waals surface area contributed by atoms with Gasteiger partial charge in [0.05, 0.1) is 16.0 Å². The summed E-state index contributed by atoms with van der Waals surface area (Å²) in [5.41, 5.74) is -4.24. The van der Waals surface area contributed by atoms with Gasteiger partial charge in [-0.1, -0.05) is 6.07 Å². The van der Waals surface area contributed by atoms with Crippen LogP contribution in [0.4, 0.5) is 26.3 Å². The molecule has 0 aliphatic heterocycles. The van der Waals surface area contributed by atoms with E-state index in [1.807, 2.05) is 0 Å². The highest BCUT2D eigenvalue weighted by Gasteiger charge is 2.37. The number of carbonyl (C=O) groups is 1. The summed E-state index contributed by atoms with van der Waals surface area (Å²) < 4.78 is 77.7. The maximum absolute atomic E-state index is 12.9. The largest absolute Gasteiger partial charge is 0.501 e. The first-order valence-electron chi connectivity index (χ1n) is 8.26. The molecule has 1 amide bonds. The Hall–Kier alpha value is -3.35. The lowest BCUT2D eigenvalue weighted by Crippen LogP contribution is -2.25. The quantitative estimate of drug-likeness (QED) is 0.493. The van der Waals surface area contributed by atoms with Crippen molar-refractivity contribution in [3.8, 4) is 22.3 Å². The lowest BCUT2D eigenvalue weighted by molar-refractivity contribution is -0.143. The fourth-order valence-electron chi connectivity index (χ4n) is 2.50. The molecule has 164 valence electrons. The molecule has 2 aromatic heterocycles. The molecule has 1 aromatic carbocycles. The van der Waals surface area contributed by atoms with E-state index in [9.17, 15) is 41.4 Å². The number of nitrogens with one attached hydrogen (secondary N) is 1. The van der Waals surface area contributed by atoms with Crippen molar-refractivity contribution in [1.29, 1.82) is 0 Å². The molecule has 0 fully saturated rings. The second-order valence-corrected chi connectivity index (χ2v) is 7.09. The normalized spacial score (nSPS) is 12.1. The summed E-state index contributed by atoms with van der Waals surface area (Å²) in [5, 5.41) is 23.3. The van der Waals surface area contributed by atoms with Gasteiger partial charge in [0.15, 0.2) is 11.5 Å². The number of aromatic nitrogens is 2. The van der Waals surface area contributed by atoms with Crippen LogP contribution in [-0.2, 0) is 18.9 Å². The van der Waals surface area contributed by atoms with E-state index in [-0.39, 0.29) is 11.9 Å². The molecule has 0 radical (unpaired) electrons. The Kier molecular flexibility index (Phi) is 5.81. The van der Waals surface area contributed by atoms with Crippen LogP contribution in [-0.4, -0.2) is 26.1 Å². The van der Waals surface area contributed by atoms with Crippen LogP contribution in [0.25, 0.3) is 10.7 Å². The Labute approximate surface area is 173 Å². The Morgan fingerprint density at radius 1 is 1.00 bits per heavy atom. The zero-order valence-electron chi connectivity index (χ0n) is 15.0. The number of thiophene rings is 1. The SMILES string of the molecule is O=C(NCc1cc(C(F)(F)F)cc(C(F)(F)F)c1)c1nc(-c2cccs2)nc(O)c1O. The molecule has 13 heteroatoms. The van der Waals surface area contributed by atoms with Crippen LogP contribution in [0.1, 0.15) is 27.2 Å². The van der Waals surface area contributed by atoms with Crippen molar-refractivity contribution in [3.05, 3.63) is 58.1 Å². The zero-order valence-corrected chi connectivity index (χ0v) is 15.9. The first kappa shape index (κ1) is 22.3. The van der Waals surface area contributed by atoms with Gasteiger partial charge >= 0.3 is 12.4 Å². The molecule has 3 rings (SSSR count). The molecular weight excluding hydrogens is 452 g/mol. The topological polar surface area (TPSA) is 95.3 Å². The number of alkyl halides is 6. The van der Waals surface area contributed by atoms with Crippen molar-refractivity contribution in [2.75, 3.05) is 0 Å². The molecule has 3 aromatic rings. The van der Waals surface area contributed by atoms with E-state index in [1.165, 1.54) is 11.3 Å². The van der Waals surface area contributed by atoms with Gasteiger partial charge in [-0.3, -0.25) is 4.79 Å². The molecule has 31 heavy (non-hydrogen) atoms. The van der Waals surface area contributed by atoms with Crippen molar-refractivity contribution >= 4 is 17.2 Å². The number of rotatable bonds is 4. The van der Waals surface area contributed by atoms with E-state index in [0.29, 0.717) is 17.0 Å². The highest BCUT2D eigenvalue weighted by atomic mass is 32.1. The van der Waals surface area contributed by atoms with Crippen LogP contribution in [0.15, 0.2) is 35.7 Å². The average Bonchev–Trinajstić information content (AvgIpc) is 3.21. The molecule has 0 saturated carbocycles. The van der Waals surface area contributed by atoms with Gasteiger partial charge in [0.1, 0.15) is 0 Å². The summed E-state index contributed by atoms with van der Waals surface area (Å²) in [6.45, 7) is -0.732. The average molecular weight is 463 g/mol. The fourth-order valence-corrected chi connectivity index (χ4v) is 3.16. The highest BCUT2D eigenvalue weighted by molar-refractivity contribution is 7.13. The van der Waals surface area contributed by atoms with E-state index in [2.05, 4.69) is 15.3 Å². The predicted octanol–water partition coefficient (Wildman–Crippen LogP) is 4.58. The van der Waals surface area contributed by atoms with Crippen LogP contribution in [0.5, 0.6) is 11.6 Å². The van der Waals surface area contributed by atoms with E-state index in [1.54, 1.807) is 17.5 Å². The summed E-state index contributed by atoms with van der Waals surface area (Å²) in [6.07, 6.45) is -10.1. The lowest BCUT2D eigenvalue weighted by Gasteiger charge is -2.14. The number of carbonyl (C=O) groups excluding carboxylic acids is 1. The first-order chi connectivity index (χ1) is 14.4. The summed E-state index contributed by atoms with van der Waals surface area (Å²) >= 11 is 1.17. The Balaban J connectivity index is 1.89. The molecule has 0 atom stereocenters. The number of halogens is 6. The minimum atomic E-state index is -5.04. The third kappa shape index (κ3) is 5.05. The van der Waals surface area contributed by atoms with Crippen molar-refractivity contribution in [1.82, 2.24) is 15.3 Å². The molecule has 3 N–H and O–H groups in total. The van der Waals surface area contributed by atoms with Gasteiger partial charge in [0, 0.05) is 6.54 Å². The number of hydrogen-bond donors (Lipinski definition) is 3. The molecule has 2 heterocycles. The number of benzene rings is 1. The van der Waals surface area contributed by atoms with Crippen LogP contribution < -0.4 is 5.32 Å². The molecule has 0 aliphatic rings. The van der Waals surface area contributed by atoms with Crippen LogP contribution in [0.3, 0.4) is 0 Å². The van der Waals surface area contributed by atoms with E-state index in [4.69, 9.17) is 0 Å². The Morgan fingerprint density at radius 3 is 2.13 bits per heavy atom. The molecule has 0 aliphatic carbocycles. The maximum atomic E-state index is 12.9. The van der Waals surface area contributed by atoms with Gasteiger partial charge in [-0.25, -0.2) is 4.98 Å². The monoisotopic (exact) mass is 463 g/mol. The zero-order chi connectivity index (χ0) is 23.0. The van der Waals surface area contributed by atoms with E-state index in [0.717, 1.165) is 0 Å². The molecular formula is C18H11F6N3O3S. The number of hydrogen-bond acceptors (Lipinski definition) is 6. The fraction of sp³-hybridized carbons (Fsp3) is 0.167. The van der Waals surface area contributed by atoms with Crippen LogP contribution in [0, 0.1) is 0 Å². The molecule has 0 unspecified atom stereocenters. The summed E-state index contributed by atoms with van der Waals surface area (Å²) in [4.78, 5) is 20.3. The van der Waals surface area contributed by atoms with Crippen molar-refractivity contribution in [3.63, 3.8) is 0 Å². The van der Waals surface area contributed by atoms with Crippen LogP contribution >= 0.6 is 11.3 Å². The van der Waals surface area contributed by atoms with E-state index < -0.39 is 58.8 Å². The van der Waals surface area contributed by atoms with Gasteiger partial charge in [0.2, 0.25) is 5.75 Å². The summed E-state index contributed by atoms with van der Waals surface area (Å²) in [7, 11) is 0. The Morgan fingerprint density at radius 2 is 1.61 bits per heavy atom. The number of aromatic hydroxyl groups is 2.